The van der Waals surface area contributed by atoms with E-state index < -0.39 is 0 Å². The standard InChI is InChI=1S/C26H28N2/c1-25(2)17-9-15-7-13-5-6-14-8-16-10-18-12-20(26(18,3)4)22(16)28-24(14)23(13)27-21(15)19(25)11-17/h5-8,17-20H,9-12H2,1-4H3. The molecule has 0 N–H and O–H groups in total. The second-order valence-electron chi connectivity index (χ2n) is 11.3. The Hall–Kier alpha value is -1.96. The zero-order valence-corrected chi connectivity index (χ0v) is 17.3. The van der Waals surface area contributed by atoms with Gasteiger partial charge < -0.3 is 0 Å². The fourth-order valence-corrected chi connectivity index (χ4v) is 7.10. The lowest BCUT2D eigenvalue weighted by Crippen LogP contribution is -2.48. The van der Waals surface area contributed by atoms with E-state index in [0.29, 0.717) is 22.7 Å². The number of aromatic nitrogens is 2. The van der Waals surface area contributed by atoms with Gasteiger partial charge in [0.05, 0.1) is 11.0 Å². The van der Waals surface area contributed by atoms with Gasteiger partial charge in [0.1, 0.15) is 0 Å². The van der Waals surface area contributed by atoms with Gasteiger partial charge in [-0.15, -0.1) is 0 Å². The number of hydrogen-bond donors (Lipinski definition) is 0. The molecule has 0 radical (unpaired) electrons. The first-order valence-electron chi connectivity index (χ1n) is 11.1. The minimum atomic E-state index is 0.413. The Kier molecular flexibility index (Phi) is 2.62. The topological polar surface area (TPSA) is 25.8 Å². The van der Waals surface area contributed by atoms with Crippen molar-refractivity contribution >= 4 is 21.8 Å². The van der Waals surface area contributed by atoms with E-state index in [4.69, 9.17) is 9.97 Å². The molecular weight excluding hydrogens is 340 g/mol. The van der Waals surface area contributed by atoms with Gasteiger partial charge in [-0.3, -0.25) is 0 Å². The van der Waals surface area contributed by atoms with Crippen molar-refractivity contribution in [3.8, 4) is 0 Å². The maximum absolute atomic E-state index is 5.32. The first-order chi connectivity index (χ1) is 13.3. The Labute approximate surface area is 166 Å². The lowest BCUT2D eigenvalue weighted by atomic mass is 9.48. The normalized spacial score (nSPS) is 33.0. The van der Waals surface area contributed by atoms with E-state index in [1.807, 2.05) is 0 Å². The zero-order valence-electron chi connectivity index (χ0n) is 17.3. The van der Waals surface area contributed by atoms with E-state index in [9.17, 15) is 0 Å². The third-order valence-corrected chi connectivity index (χ3v) is 9.53. The number of nitrogens with zero attached hydrogens (tertiary/aromatic N) is 2. The lowest BCUT2D eigenvalue weighted by Gasteiger charge is -2.56. The minimum absolute atomic E-state index is 0.413. The molecule has 2 nitrogen and oxygen atoms in total. The van der Waals surface area contributed by atoms with Crippen molar-refractivity contribution in [3.05, 3.63) is 46.8 Å². The van der Waals surface area contributed by atoms with Gasteiger partial charge in [0.2, 0.25) is 0 Å². The van der Waals surface area contributed by atoms with E-state index in [2.05, 4.69) is 52.0 Å². The predicted octanol–water partition coefficient (Wildman–Crippen LogP) is 6.15. The van der Waals surface area contributed by atoms with Gasteiger partial charge in [-0.1, -0.05) is 39.8 Å². The molecule has 4 unspecified atom stereocenters. The SMILES string of the molecule is CC1(C)C2Cc3cc4ccc5cc6c(nc5c4nc3C1C2)C1CC(C6)C1(C)C. The van der Waals surface area contributed by atoms with Crippen LogP contribution in [0.5, 0.6) is 0 Å². The van der Waals surface area contributed by atoms with Crippen LogP contribution in [0.15, 0.2) is 24.3 Å². The molecule has 142 valence electrons. The summed E-state index contributed by atoms with van der Waals surface area (Å²) in [5, 5.41) is 2.55. The van der Waals surface area contributed by atoms with Gasteiger partial charge in [-0.25, -0.2) is 9.97 Å². The van der Waals surface area contributed by atoms with Crippen LogP contribution in [0.25, 0.3) is 21.8 Å². The number of fused-ring (bicyclic) bond motifs is 3. The first kappa shape index (κ1) is 15.9. The van der Waals surface area contributed by atoms with Crippen LogP contribution in [-0.2, 0) is 12.8 Å². The fraction of sp³-hybridized carbons (Fsp3) is 0.538. The van der Waals surface area contributed by atoms with Crippen LogP contribution in [0.2, 0.25) is 0 Å². The number of hydrogen-bond acceptors (Lipinski definition) is 2. The Morgan fingerprint density at radius 1 is 0.714 bits per heavy atom. The maximum Gasteiger partial charge on any atom is 0.0968 e. The van der Waals surface area contributed by atoms with Crippen LogP contribution in [0.3, 0.4) is 0 Å². The van der Waals surface area contributed by atoms with Gasteiger partial charge in [0, 0.05) is 34.0 Å². The average Bonchev–Trinajstić information content (AvgIpc) is 2.69. The van der Waals surface area contributed by atoms with Crippen molar-refractivity contribution in [2.75, 3.05) is 0 Å². The molecule has 0 aliphatic heterocycles. The van der Waals surface area contributed by atoms with Crippen LogP contribution in [0, 0.1) is 22.7 Å². The number of pyridine rings is 2. The Morgan fingerprint density at radius 2 is 1.14 bits per heavy atom. The van der Waals surface area contributed by atoms with Gasteiger partial charge in [-0.2, -0.15) is 0 Å². The zero-order chi connectivity index (χ0) is 19.0. The molecule has 2 heteroatoms. The van der Waals surface area contributed by atoms with Crippen molar-refractivity contribution in [1.29, 1.82) is 0 Å². The van der Waals surface area contributed by atoms with Crippen LogP contribution in [0.4, 0.5) is 0 Å². The molecule has 6 aliphatic carbocycles. The molecule has 2 aromatic heterocycles. The molecule has 9 rings (SSSR count). The molecule has 2 heterocycles. The minimum Gasteiger partial charge on any atom is -0.250 e. The summed E-state index contributed by atoms with van der Waals surface area (Å²) < 4.78 is 0. The summed E-state index contributed by atoms with van der Waals surface area (Å²) in [6.07, 6.45) is 5.05. The predicted molar refractivity (Wildman–Crippen MR) is 114 cm³/mol. The highest BCUT2D eigenvalue weighted by Gasteiger charge is 2.54. The maximum atomic E-state index is 5.32. The Morgan fingerprint density at radius 3 is 1.54 bits per heavy atom. The summed E-state index contributed by atoms with van der Waals surface area (Å²) in [7, 11) is 0. The van der Waals surface area contributed by atoms with Crippen LogP contribution < -0.4 is 0 Å². The molecule has 2 saturated carbocycles. The van der Waals surface area contributed by atoms with Crippen molar-refractivity contribution in [2.24, 2.45) is 22.7 Å². The van der Waals surface area contributed by atoms with Crippen molar-refractivity contribution < 1.29 is 0 Å². The lowest BCUT2D eigenvalue weighted by molar-refractivity contribution is 0.0156. The van der Waals surface area contributed by atoms with Crippen molar-refractivity contribution in [1.82, 2.24) is 9.97 Å². The second-order valence-corrected chi connectivity index (χ2v) is 11.3. The molecular formula is C26H28N2. The van der Waals surface area contributed by atoms with Gasteiger partial charge in [0.25, 0.3) is 0 Å². The first-order valence-corrected chi connectivity index (χ1v) is 11.1. The molecule has 0 amide bonds. The summed E-state index contributed by atoms with van der Waals surface area (Å²) in [6, 6.07) is 9.40. The number of rotatable bonds is 0. The molecule has 28 heavy (non-hydrogen) atoms. The summed E-state index contributed by atoms with van der Waals surface area (Å²) in [4.78, 5) is 10.6. The van der Waals surface area contributed by atoms with E-state index in [1.165, 1.54) is 59.0 Å². The molecule has 0 saturated heterocycles. The highest BCUT2D eigenvalue weighted by Crippen LogP contribution is 2.63. The molecule has 4 bridgehead atoms. The highest BCUT2D eigenvalue weighted by molar-refractivity contribution is 6.03. The second kappa shape index (κ2) is 4.61. The smallest absolute Gasteiger partial charge is 0.0968 e. The summed E-state index contributed by atoms with van der Waals surface area (Å²) in [5.41, 5.74) is 8.83. The Balaban J connectivity index is 1.49. The molecule has 4 atom stereocenters. The van der Waals surface area contributed by atoms with Crippen molar-refractivity contribution in [2.45, 2.75) is 65.2 Å². The molecule has 0 spiro atoms. The third kappa shape index (κ3) is 1.68. The summed E-state index contributed by atoms with van der Waals surface area (Å²) in [5.74, 6) is 2.93. The van der Waals surface area contributed by atoms with Crippen LogP contribution in [0.1, 0.15) is 74.9 Å². The quantitative estimate of drug-likeness (QED) is 0.444. The largest absolute Gasteiger partial charge is 0.250 e. The Bertz CT molecular complexity index is 1110. The highest BCUT2D eigenvalue weighted by atomic mass is 14.8. The van der Waals surface area contributed by atoms with Gasteiger partial charge in [0.15, 0.2) is 0 Å². The van der Waals surface area contributed by atoms with Gasteiger partial charge >= 0.3 is 0 Å². The third-order valence-electron chi connectivity index (χ3n) is 9.53. The van der Waals surface area contributed by atoms with Crippen LogP contribution >= 0.6 is 0 Å². The monoisotopic (exact) mass is 368 g/mol. The fourth-order valence-electron chi connectivity index (χ4n) is 7.10. The summed E-state index contributed by atoms with van der Waals surface area (Å²) >= 11 is 0. The van der Waals surface area contributed by atoms with E-state index in [-0.39, 0.29) is 0 Å². The average molecular weight is 369 g/mol. The van der Waals surface area contributed by atoms with Crippen LogP contribution in [-0.4, -0.2) is 9.97 Å². The molecule has 2 fully saturated rings. The summed E-state index contributed by atoms with van der Waals surface area (Å²) in [6.45, 7) is 9.75. The van der Waals surface area contributed by atoms with E-state index in [0.717, 1.165) is 22.9 Å². The molecule has 3 aromatic rings. The van der Waals surface area contributed by atoms with Gasteiger partial charge in [-0.05, 0) is 71.6 Å². The van der Waals surface area contributed by atoms with E-state index in [1.54, 1.807) is 0 Å². The van der Waals surface area contributed by atoms with Crippen molar-refractivity contribution in [3.63, 3.8) is 0 Å². The molecule has 6 aliphatic rings. The number of benzene rings is 1. The van der Waals surface area contributed by atoms with E-state index >= 15 is 0 Å². The molecule has 1 aromatic carbocycles.